The smallest absolute Gasteiger partial charge is 0.216 e. The van der Waals surface area contributed by atoms with Crippen molar-refractivity contribution in [2.24, 2.45) is 0 Å². The summed E-state index contributed by atoms with van der Waals surface area (Å²) in [6.07, 6.45) is 2.38. The van der Waals surface area contributed by atoms with Crippen molar-refractivity contribution in [3.63, 3.8) is 0 Å². The maximum Gasteiger partial charge on any atom is 0.216 e. The monoisotopic (exact) mass is 321 g/mol. The zero-order valence-electron chi connectivity index (χ0n) is 10.9. The first-order chi connectivity index (χ1) is 9.22. The molecule has 1 heterocycles. The van der Waals surface area contributed by atoms with Crippen molar-refractivity contribution in [3.8, 4) is 5.88 Å². The Labute approximate surface area is 121 Å². The van der Waals surface area contributed by atoms with E-state index in [0.717, 1.165) is 16.6 Å². The summed E-state index contributed by atoms with van der Waals surface area (Å²) < 4.78 is 6.22. The first-order valence-electron chi connectivity index (χ1n) is 6.00. The van der Waals surface area contributed by atoms with Crippen LogP contribution in [0.2, 0.25) is 0 Å². The van der Waals surface area contributed by atoms with E-state index in [0.29, 0.717) is 5.88 Å². The van der Waals surface area contributed by atoms with Gasteiger partial charge in [-0.25, -0.2) is 9.97 Å². The Morgan fingerprint density at radius 1 is 1.32 bits per heavy atom. The van der Waals surface area contributed by atoms with Gasteiger partial charge in [-0.15, -0.1) is 0 Å². The van der Waals surface area contributed by atoms with Gasteiger partial charge in [0, 0.05) is 10.5 Å². The molecule has 0 saturated carbocycles. The Morgan fingerprint density at radius 2 is 2.16 bits per heavy atom. The fourth-order valence-electron chi connectivity index (χ4n) is 1.91. The fourth-order valence-corrected chi connectivity index (χ4v) is 2.36. The molecule has 1 unspecified atom stereocenters. The molecule has 0 spiro atoms. The topological polar surface area (TPSA) is 47.0 Å². The van der Waals surface area contributed by atoms with Crippen LogP contribution in [-0.2, 0) is 6.42 Å². The van der Waals surface area contributed by atoms with Crippen LogP contribution < -0.4 is 10.1 Å². The molecule has 1 aromatic heterocycles. The second-order valence-electron chi connectivity index (χ2n) is 4.16. The number of ether oxygens (including phenoxy) is 1. The minimum atomic E-state index is 0.131. The van der Waals surface area contributed by atoms with Gasteiger partial charge < -0.3 is 10.1 Å². The number of likely N-dealkylation sites (N-methyl/N-ethyl adjacent to an activating group) is 1. The van der Waals surface area contributed by atoms with Gasteiger partial charge in [0.1, 0.15) is 6.33 Å². The van der Waals surface area contributed by atoms with Gasteiger partial charge in [0.2, 0.25) is 5.88 Å². The third-order valence-electron chi connectivity index (χ3n) is 2.91. The molecule has 5 heteroatoms. The van der Waals surface area contributed by atoms with E-state index in [1.54, 1.807) is 7.11 Å². The van der Waals surface area contributed by atoms with Gasteiger partial charge in [-0.3, -0.25) is 0 Å². The van der Waals surface area contributed by atoms with Crippen molar-refractivity contribution in [2.45, 2.75) is 12.5 Å². The van der Waals surface area contributed by atoms with Crippen molar-refractivity contribution in [1.82, 2.24) is 15.3 Å². The summed E-state index contributed by atoms with van der Waals surface area (Å²) in [4.78, 5) is 8.34. The van der Waals surface area contributed by atoms with Crippen molar-refractivity contribution in [2.75, 3.05) is 14.2 Å². The largest absolute Gasteiger partial charge is 0.481 e. The second-order valence-corrected chi connectivity index (χ2v) is 5.08. The zero-order valence-corrected chi connectivity index (χ0v) is 12.5. The lowest BCUT2D eigenvalue weighted by Crippen LogP contribution is -2.20. The van der Waals surface area contributed by atoms with E-state index < -0.39 is 0 Å². The molecule has 2 aromatic rings. The summed E-state index contributed by atoms with van der Waals surface area (Å²) in [5.41, 5.74) is 2.17. The van der Waals surface area contributed by atoms with E-state index >= 15 is 0 Å². The number of hydrogen-bond donors (Lipinski definition) is 1. The number of nitrogens with zero attached hydrogens (tertiary/aromatic N) is 2. The number of nitrogens with one attached hydrogen (secondary N) is 1. The molecule has 0 fully saturated rings. The van der Waals surface area contributed by atoms with Crippen LogP contribution in [0.4, 0.5) is 0 Å². The zero-order chi connectivity index (χ0) is 13.7. The van der Waals surface area contributed by atoms with Gasteiger partial charge in [-0.05, 0) is 31.2 Å². The van der Waals surface area contributed by atoms with E-state index in [1.807, 2.05) is 25.2 Å². The first-order valence-corrected chi connectivity index (χ1v) is 6.80. The summed E-state index contributed by atoms with van der Waals surface area (Å²) in [5, 5.41) is 3.28. The second kappa shape index (κ2) is 6.63. The highest BCUT2D eigenvalue weighted by atomic mass is 79.9. The van der Waals surface area contributed by atoms with Crippen molar-refractivity contribution in [3.05, 3.63) is 52.4 Å². The lowest BCUT2D eigenvalue weighted by Gasteiger charge is -2.16. The molecule has 0 bridgehead atoms. The number of hydrogen-bond acceptors (Lipinski definition) is 4. The van der Waals surface area contributed by atoms with E-state index in [1.165, 1.54) is 11.9 Å². The van der Waals surface area contributed by atoms with Crippen LogP contribution in [0.3, 0.4) is 0 Å². The summed E-state index contributed by atoms with van der Waals surface area (Å²) in [6, 6.07) is 10.3. The van der Waals surface area contributed by atoms with E-state index in [-0.39, 0.29) is 6.04 Å². The van der Waals surface area contributed by atoms with Crippen LogP contribution in [0.25, 0.3) is 0 Å². The van der Waals surface area contributed by atoms with Crippen molar-refractivity contribution >= 4 is 15.9 Å². The molecule has 2 rings (SSSR count). The van der Waals surface area contributed by atoms with Gasteiger partial charge in [-0.2, -0.15) is 0 Å². The number of halogens is 1. The Bertz CT molecular complexity index is 548. The van der Waals surface area contributed by atoms with Gasteiger partial charge >= 0.3 is 0 Å². The molecule has 0 aliphatic carbocycles. The highest BCUT2D eigenvalue weighted by molar-refractivity contribution is 9.10. The third-order valence-corrected chi connectivity index (χ3v) is 3.40. The minimum Gasteiger partial charge on any atom is -0.481 e. The number of methoxy groups -OCH3 is 1. The normalized spacial score (nSPS) is 12.2. The highest BCUT2D eigenvalue weighted by Gasteiger charge is 2.13. The minimum absolute atomic E-state index is 0.131. The van der Waals surface area contributed by atoms with Crippen LogP contribution in [0.1, 0.15) is 17.3 Å². The molecule has 1 atom stereocenters. The standard InChI is InChI=1S/C14H16BrN3O/c1-16-12(7-10-4-3-5-11(15)6-10)13-8-14(19-2)18-9-17-13/h3-6,8-9,12,16H,7H2,1-2H3. The summed E-state index contributed by atoms with van der Waals surface area (Å²) in [5.74, 6) is 0.583. The lowest BCUT2D eigenvalue weighted by atomic mass is 10.0. The van der Waals surface area contributed by atoms with Crippen molar-refractivity contribution in [1.29, 1.82) is 0 Å². The van der Waals surface area contributed by atoms with E-state index in [2.05, 4.69) is 43.3 Å². The van der Waals surface area contributed by atoms with Crippen LogP contribution in [0, 0.1) is 0 Å². The Hall–Kier alpha value is -1.46. The molecule has 1 N–H and O–H groups in total. The molecule has 0 saturated heterocycles. The molecule has 0 radical (unpaired) electrons. The van der Waals surface area contributed by atoms with E-state index in [9.17, 15) is 0 Å². The predicted molar refractivity (Wildman–Crippen MR) is 78.2 cm³/mol. The van der Waals surface area contributed by atoms with Gasteiger partial charge in [0.05, 0.1) is 18.8 Å². The molecule has 100 valence electrons. The van der Waals surface area contributed by atoms with Crippen LogP contribution in [0.5, 0.6) is 5.88 Å². The maximum absolute atomic E-state index is 5.13. The van der Waals surface area contributed by atoms with Crippen LogP contribution in [0.15, 0.2) is 41.1 Å². The third kappa shape index (κ3) is 3.75. The summed E-state index contributed by atoms with van der Waals surface area (Å²) in [7, 11) is 3.53. The van der Waals surface area contributed by atoms with E-state index in [4.69, 9.17) is 4.74 Å². The molecular formula is C14H16BrN3O. The number of rotatable bonds is 5. The predicted octanol–water partition coefficient (Wildman–Crippen LogP) is 2.75. The molecule has 0 amide bonds. The average molecular weight is 322 g/mol. The number of aromatic nitrogens is 2. The summed E-state index contributed by atoms with van der Waals surface area (Å²) >= 11 is 3.49. The Balaban J connectivity index is 2.19. The summed E-state index contributed by atoms with van der Waals surface area (Å²) in [6.45, 7) is 0. The highest BCUT2D eigenvalue weighted by Crippen LogP contribution is 2.20. The van der Waals surface area contributed by atoms with Crippen LogP contribution in [-0.4, -0.2) is 24.1 Å². The first kappa shape index (κ1) is 14.0. The molecule has 0 aliphatic heterocycles. The number of benzene rings is 1. The Kier molecular flexibility index (Phi) is 4.87. The molecular weight excluding hydrogens is 306 g/mol. The molecule has 4 nitrogen and oxygen atoms in total. The van der Waals surface area contributed by atoms with Crippen LogP contribution >= 0.6 is 15.9 Å². The maximum atomic E-state index is 5.13. The Morgan fingerprint density at radius 3 is 2.84 bits per heavy atom. The molecule has 19 heavy (non-hydrogen) atoms. The quantitative estimate of drug-likeness (QED) is 0.919. The average Bonchev–Trinajstić information content (AvgIpc) is 2.45. The van der Waals surface area contributed by atoms with Gasteiger partial charge in [0.25, 0.3) is 0 Å². The molecule has 1 aromatic carbocycles. The lowest BCUT2D eigenvalue weighted by molar-refractivity contribution is 0.394. The molecule has 0 aliphatic rings. The van der Waals surface area contributed by atoms with Crippen molar-refractivity contribution < 1.29 is 4.74 Å². The van der Waals surface area contributed by atoms with Gasteiger partial charge in [0.15, 0.2) is 0 Å². The van der Waals surface area contributed by atoms with Gasteiger partial charge in [-0.1, -0.05) is 28.1 Å². The SMILES string of the molecule is CNC(Cc1cccc(Br)c1)c1cc(OC)ncn1. The fraction of sp³-hybridized carbons (Fsp3) is 0.286.